The van der Waals surface area contributed by atoms with E-state index in [1.165, 1.54) is 5.56 Å². The molecule has 2 aromatic rings. The maximum Gasteiger partial charge on any atom is 0.193 e. The standard InChI is InChI=1S/C24H33N3O3/c1-19-7-6-9-22(15-19)30-23-10-5-4-8-21(23)16-26-24(25-2)27-12-11-20(17-27)18-29-14-13-28-3/h4-10,15,20H,11-14,16-18H2,1-3H3,(H,25,26). The smallest absolute Gasteiger partial charge is 0.193 e. The summed E-state index contributed by atoms with van der Waals surface area (Å²) in [5.74, 6) is 3.15. The van der Waals surface area contributed by atoms with E-state index < -0.39 is 0 Å². The van der Waals surface area contributed by atoms with E-state index in [0.717, 1.165) is 49.1 Å². The van der Waals surface area contributed by atoms with Crippen molar-refractivity contribution < 1.29 is 14.2 Å². The first-order chi connectivity index (χ1) is 14.7. The molecule has 0 aliphatic carbocycles. The summed E-state index contributed by atoms with van der Waals surface area (Å²) in [5.41, 5.74) is 2.28. The fourth-order valence-electron chi connectivity index (χ4n) is 3.62. The Morgan fingerprint density at radius 1 is 1.17 bits per heavy atom. The van der Waals surface area contributed by atoms with Crippen LogP contribution in [0.1, 0.15) is 17.5 Å². The van der Waals surface area contributed by atoms with Gasteiger partial charge in [-0.2, -0.15) is 0 Å². The van der Waals surface area contributed by atoms with Gasteiger partial charge in [0.15, 0.2) is 5.96 Å². The number of hydrogen-bond donors (Lipinski definition) is 1. The molecule has 1 N–H and O–H groups in total. The topological polar surface area (TPSA) is 55.3 Å². The highest BCUT2D eigenvalue weighted by atomic mass is 16.5. The molecule has 1 heterocycles. The number of para-hydroxylation sites is 1. The summed E-state index contributed by atoms with van der Waals surface area (Å²) in [5, 5.41) is 3.50. The minimum atomic E-state index is 0.525. The predicted octanol–water partition coefficient (Wildman–Crippen LogP) is 3.85. The van der Waals surface area contributed by atoms with Crippen LogP contribution in [-0.4, -0.2) is 57.9 Å². The zero-order valence-electron chi connectivity index (χ0n) is 18.3. The van der Waals surface area contributed by atoms with Crippen molar-refractivity contribution >= 4 is 5.96 Å². The molecule has 1 fully saturated rings. The Kier molecular flexibility index (Phi) is 8.53. The fourth-order valence-corrected chi connectivity index (χ4v) is 3.62. The Bertz CT molecular complexity index is 825. The molecule has 6 heteroatoms. The van der Waals surface area contributed by atoms with Gasteiger partial charge in [0, 0.05) is 45.3 Å². The van der Waals surface area contributed by atoms with Crippen LogP contribution in [0.5, 0.6) is 11.5 Å². The zero-order valence-corrected chi connectivity index (χ0v) is 18.3. The average Bonchev–Trinajstić information content (AvgIpc) is 3.22. The van der Waals surface area contributed by atoms with Crippen molar-refractivity contribution in [2.75, 3.05) is 47.1 Å². The number of nitrogens with zero attached hydrogens (tertiary/aromatic N) is 2. The van der Waals surface area contributed by atoms with E-state index in [2.05, 4.69) is 34.3 Å². The highest BCUT2D eigenvalue weighted by Gasteiger charge is 2.25. The van der Waals surface area contributed by atoms with Crippen molar-refractivity contribution in [3.05, 3.63) is 59.7 Å². The summed E-state index contributed by atoms with van der Waals surface area (Å²) in [7, 11) is 3.53. The normalized spacial score (nSPS) is 16.7. The molecule has 30 heavy (non-hydrogen) atoms. The second-order valence-electron chi connectivity index (χ2n) is 7.60. The van der Waals surface area contributed by atoms with Gasteiger partial charge in [0.05, 0.1) is 19.8 Å². The van der Waals surface area contributed by atoms with Gasteiger partial charge in [-0.3, -0.25) is 4.99 Å². The van der Waals surface area contributed by atoms with Crippen LogP contribution < -0.4 is 10.1 Å². The third-order valence-corrected chi connectivity index (χ3v) is 5.21. The summed E-state index contributed by atoms with van der Waals surface area (Å²) < 4.78 is 16.9. The lowest BCUT2D eigenvalue weighted by Crippen LogP contribution is -2.39. The summed E-state index contributed by atoms with van der Waals surface area (Å²) in [4.78, 5) is 6.78. The molecule has 0 amide bonds. The molecule has 0 bridgehead atoms. The van der Waals surface area contributed by atoms with E-state index >= 15 is 0 Å². The molecule has 162 valence electrons. The van der Waals surface area contributed by atoms with Crippen LogP contribution in [0.25, 0.3) is 0 Å². The quantitative estimate of drug-likeness (QED) is 0.386. The number of aryl methyl sites for hydroxylation is 1. The molecule has 1 aliphatic rings. The molecule has 0 saturated carbocycles. The minimum Gasteiger partial charge on any atom is -0.457 e. The average molecular weight is 412 g/mol. The third kappa shape index (κ3) is 6.47. The molecule has 0 spiro atoms. The molecule has 1 unspecified atom stereocenters. The molecule has 2 aromatic carbocycles. The van der Waals surface area contributed by atoms with Crippen molar-refractivity contribution in [2.24, 2.45) is 10.9 Å². The van der Waals surface area contributed by atoms with Crippen molar-refractivity contribution in [1.29, 1.82) is 0 Å². The molecule has 3 rings (SSSR count). The number of hydrogen-bond acceptors (Lipinski definition) is 4. The Morgan fingerprint density at radius 2 is 2.03 bits per heavy atom. The summed E-state index contributed by atoms with van der Waals surface area (Å²) in [6.07, 6.45) is 1.11. The van der Waals surface area contributed by atoms with Crippen molar-refractivity contribution in [2.45, 2.75) is 19.9 Å². The molecular weight excluding hydrogens is 378 g/mol. The summed E-state index contributed by atoms with van der Waals surface area (Å²) in [6, 6.07) is 16.2. The van der Waals surface area contributed by atoms with Crippen LogP contribution >= 0.6 is 0 Å². The predicted molar refractivity (Wildman–Crippen MR) is 120 cm³/mol. The van der Waals surface area contributed by atoms with E-state index in [1.807, 2.05) is 43.4 Å². The van der Waals surface area contributed by atoms with Gasteiger partial charge in [-0.15, -0.1) is 0 Å². The monoisotopic (exact) mass is 411 g/mol. The van der Waals surface area contributed by atoms with Crippen molar-refractivity contribution in [3.63, 3.8) is 0 Å². The van der Waals surface area contributed by atoms with Crippen LogP contribution in [0.2, 0.25) is 0 Å². The maximum atomic E-state index is 6.14. The van der Waals surface area contributed by atoms with Crippen molar-refractivity contribution in [1.82, 2.24) is 10.2 Å². The van der Waals surface area contributed by atoms with E-state index in [1.54, 1.807) is 7.11 Å². The lowest BCUT2D eigenvalue weighted by Gasteiger charge is -2.22. The van der Waals surface area contributed by atoms with E-state index in [0.29, 0.717) is 25.7 Å². The lowest BCUT2D eigenvalue weighted by atomic mass is 10.1. The SMILES string of the molecule is CN=C(NCc1ccccc1Oc1cccc(C)c1)N1CCC(COCCOC)C1. The number of benzene rings is 2. The first-order valence-electron chi connectivity index (χ1n) is 10.5. The molecule has 6 nitrogen and oxygen atoms in total. The number of nitrogens with one attached hydrogen (secondary N) is 1. The molecule has 1 atom stereocenters. The number of aliphatic imine (C=N–C) groups is 1. The lowest BCUT2D eigenvalue weighted by molar-refractivity contribution is 0.0536. The van der Waals surface area contributed by atoms with Gasteiger partial charge in [0.25, 0.3) is 0 Å². The van der Waals surface area contributed by atoms with Gasteiger partial charge in [0.2, 0.25) is 0 Å². The van der Waals surface area contributed by atoms with Gasteiger partial charge in [-0.1, -0.05) is 30.3 Å². The van der Waals surface area contributed by atoms with Gasteiger partial charge in [-0.05, 0) is 37.1 Å². The first kappa shape index (κ1) is 22.1. The Morgan fingerprint density at radius 3 is 2.83 bits per heavy atom. The van der Waals surface area contributed by atoms with Gasteiger partial charge in [-0.25, -0.2) is 0 Å². The fraction of sp³-hybridized carbons (Fsp3) is 0.458. The Labute approximate surface area is 179 Å². The van der Waals surface area contributed by atoms with Crippen LogP contribution in [0.15, 0.2) is 53.5 Å². The zero-order chi connectivity index (χ0) is 21.2. The number of methoxy groups -OCH3 is 1. The van der Waals surface area contributed by atoms with Crippen LogP contribution in [-0.2, 0) is 16.0 Å². The molecule has 0 aromatic heterocycles. The number of likely N-dealkylation sites (tertiary alicyclic amines) is 1. The summed E-state index contributed by atoms with van der Waals surface area (Å²) >= 11 is 0. The van der Waals surface area contributed by atoms with Crippen LogP contribution in [0.4, 0.5) is 0 Å². The van der Waals surface area contributed by atoms with Crippen LogP contribution in [0, 0.1) is 12.8 Å². The second kappa shape index (κ2) is 11.6. The van der Waals surface area contributed by atoms with E-state index in [-0.39, 0.29) is 0 Å². The van der Waals surface area contributed by atoms with E-state index in [9.17, 15) is 0 Å². The highest BCUT2D eigenvalue weighted by molar-refractivity contribution is 5.80. The van der Waals surface area contributed by atoms with Gasteiger partial charge in [0.1, 0.15) is 11.5 Å². The first-order valence-corrected chi connectivity index (χ1v) is 10.5. The third-order valence-electron chi connectivity index (χ3n) is 5.21. The Balaban J connectivity index is 1.54. The number of guanidine groups is 1. The van der Waals surface area contributed by atoms with Crippen molar-refractivity contribution in [3.8, 4) is 11.5 Å². The van der Waals surface area contributed by atoms with E-state index in [4.69, 9.17) is 14.2 Å². The number of rotatable bonds is 9. The molecule has 0 radical (unpaired) electrons. The largest absolute Gasteiger partial charge is 0.457 e. The van der Waals surface area contributed by atoms with Crippen LogP contribution in [0.3, 0.4) is 0 Å². The molecule has 1 saturated heterocycles. The van der Waals surface area contributed by atoms with Gasteiger partial charge >= 0.3 is 0 Å². The highest BCUT2D eigenvalue weighted by Crippen LogP contribution is 2.26. The molecule has 1 aliphatic heterocycles. The minimum absolute atomic E-state index is 0.525. The molecular formula is C24H33N3O3. The maximum absolute atomic E-state index is 6.14. The van der Waals surface area contributed by atoms with Gasteiger partial charge < -0.3 is 24.4 Å². The summed E-state index contributed by atoms with van der Waals surface area (Å²) in [6.45, 7) is 6.72. The Hall–Kier alpha value is -2.57. The second-order valence-corrected chi connectivity index (χ2v) is 7.60. The number of ether oxygens (including phenoxy) is 3.